The van der Waals surface area contributed by atoms with Gasteiger partial charge >= 0.3 is 0 Å². The summed E-state index contributed by atoms with van der Waals surface area (Å²) in [7, 11) is 3.14. The number of benzene rings is 2. The highest BCUT2D eigenvalue weighted by molar-refractivity contribution is 7.10. The van der Waals surface area contributed by atoms with Crippen molar-refractivity contribution < 1.29 is 19.5 Å². The van der Waals surface area contributed by atoms with Crippen LogP contribution in [0, 0.1) is 0 Å². The number of carbonyl (C=O) groups is 3. The van der Waals surface area contributed by atoms with Crippen LogP contribution in [0.1, 0.15) is 26.8 Å². The van der Waals surface area contributed by atoms with Gasteiger partial charge in [-0.25, -0.2) is 0 Å². The lowest BCUT2D eigenvalue weighted by Crippen LogP contribution is -2.25. The highest BCUT2D eigenvalue weighted by Crippen LogP contribution is 2.30. The predicted octanol–water partition coefficient (Wildman–Crippen LogP) is 3.56. The molecule has 3 aromatic rings. The third-order valence-corrected chi connectivity index (χ3v) is 5.67. The van der Waals surface area contributed by atoms with Crippen LogP contribution in [-0.4, -0.2) is 42.6 Å². The van der Waals surface area contributed by atoms with Crippen LogP contribution in [0.5, 0.6) is 5.75 Å². The van der Waals surface area contributed by atoms with Gasteiger partial charge in [-0.1, -0.05) is 42.5 Å². The first-order valence-corrected chi connectivity index (χ1v) is 10.6. The Morgan fingerprint density at radius 1 is 0.969 bits per heavy atom. The van der Waals surface area contributed by atoms with E-state index in [9.17, 15) is 19.5 Å². The highest BCUT2D eigenvalue weighted by atomic mass is 32.1. The summed E-state index contributed by atoms with van der Waals surface area (Å²) >= 11 is 1.52. The van der Waals surface area contributed by atoms with Crippen molar-refractivity contribution in [3.05, 3.63) is 93.4 Å². The molecule has 0 bridgehead atoms. The minimum atomic E-state index is -0.390. The van der Waals surface area contributed by atoms with Crippen molar-refractivity contribution in [3.8, 4) is 5.75 Å². The van der Waals surface area contributed by atoms with Crippen molar-refractivity contribution in [2.75, 3.05) is 19.4 Å². The predicted molar refractivity (Wildman–Crippen MR) is 125 cm³/mol. The van der Waals surface area contributed by atoms with E-state index in [-0.39, 0.29) is 34.4 Å². The van der Waals surface area contributed by atoms with Crippen molar-refractivity contribution in [3.63, 3.8) is 0 Å². The number of thiophene rings is 1. The largest absolute Gasteiger partial charge is 0.505 e. The van der Waals surface area contributed by atoms with Crippen LogP contribution < -0.4 is 10.6 Å². The van der Waals surface area contributed by atoms with Gasteiger partial charge in [-0.3, -0.25) is 14.4 Å². The Morgan fingerprint density at radius 3 is 2.28 bits per heavy atom. The zero-order chi connectivity index (χ0) is 23.1. The number of rotatable bonds is 9. The van der Waals surface area contributed by atoms with E-state index in [1.54, 1.807) is 20.2 Å². The minimum absolute atomic E-state index is 0.0194. The summed E-state index contributed by atoms with van der Waals surface area (Å²) in [6.45, 7) is 0. The standard InChI is InChI=1S/C24H23N3O4S/c1-27(2)24(31)17-10-6-11-18(23(17)30)25-19(14-28)20(15-29)26-22(21-12-7-13-32-21)16-8-4-3-5-9-16/h3-15,22,25-26,30H,1-2H3/b20-19-. The van der Waals surface area contributed by atoms with E-state index < -0.39 is 5.91 Å². The van der Waals surface area contributed by atoms with Gasteiger partial charge in [0.2, 0.25) is 0 Å². The van der Waals surface area contributed by atoms with Crippen molar-refractivity contribution in [2.45, 2.75) is 6.04 Å². The maximum atomic E-state index is 12.3. The Morgan fingerprint density at radius 2 is 1.69 bits per heavy atom. The fraction of sp³-hybridized carbons (Fsp3) is 0.125. The van der Waals surface area contributed by atoms with E-state index in [2.05, 4.69) is 10.6 Å². The number of aldehydes is 2. The molecule has 3 rings (SSSR count). The highest BCUT2D eigenvalue weighted by Gasteiger charge is 2.20. The molecule has 1 atom stereocenters. The van der Waals surface area contributed by atoms with Gasteiger partial charge in [0.1, 0.15) is 11.4 Å². The Bertz CT molecular complexity index is 1130. The van der Waals surface area contributed by atoms with Crippen molar-refractivity contribution in [2.24, 2.45) is 0 Å². The molecule has 0 aliphatic rings. The number of amides is 1. The Labute approximate surface area is 190 Å². The third kappa shape index (κ3) is 5.04. The zero-order valence-corrected chi connectivity index (χ0v) is 18.4. The molecule has 32 heavy (non-hydrogen) atoms. The number of carbonyl (C=O) groups excluding carboxylic acids is 3. The summed E-state index contributed by atoms with van der Waals surface area (Å²) < 4.78 is 0. The normalized spacial score (nSPS) is 12.3. The second-order valence-corrected chi connectivity index (χ2v) is 8.07. The molecule has 0 fully saturated rings. The molecule has 0 saturated heterocycles. The number of nitrogens with zero attached hydrogens (tertiary/aromatic N) is 1. The van der Waals surface area contributed by atoms with E-state index in [0.717, 1.165) is 10.4 Å². The first kappa shape index (κ1) is 22.8. The molecule has 0 aliphatic heterocycles. The SMILES string of the molecule is CN(C)C(=O)c1cccc(N/C(C=O)=C(/C=O)NC(c2ccccc2)c2cccs2)c1O. The number of phenols is 1. The van der Waals surface area contributed by atoms with Gasteiger partial charge in [0.05, 0.1) is 17.3 Å². The van der Waals surface area contributed by atoms with Crippen LogP contribution in [0.4, 0.5) is 5.69 Å². The van der Waals surface area contributed by atoms with Gasteiger partial charge in [-0.05, 0) is 29.1 Å². The molecule has 1 unspecified atom stereocenters. The molecule has 0 radical (unpaired) electrons. The molecule has 0 saturated carbocycles. The molecule has 164 valence electrons. The minimum Gasteiger partial charge on any atom is -0.505 e. The number of para-hydroxylation sites is 1. The van der Waals surface area contributed by atoms with E-state index in [1.165, 1.54) is 28.4 Å². The number of nitrogens with one attached hydrogen (secondary N) is 2. The van der Waals surface area contributed by atoms with Gasteiger partial charge in [0, 0.05) is 19.0 Å². The molecule has 1 heterocycles. The van der Waals surface area contributed by atoms with Crippen LogP contribution >= 0.6 is 11.3 Å². The fourth-order valence-electron chi connectivity index (χ4n) is 3.11. The van der Waals surface area contributed by atoms with Crippen molar-refractivity contribution in [1.29, 1.82) is 0 Å². The summed E-state index contributed by atoms with van der Waals surface area (Å²) in [5.41, 5.74) is 1.08. The van der Waals surface area contributed by atoms with Crippen LogP contribution in [0.3, 0.4) is 0 Å². The van der Waals surface area contributed by atoms with Gasteiger partial charge in [-0.2, -0.15) is 0 Å². The second kappa shape index (κ2) is 10.4. The molecule has 0 spiro atoms. The monoisotopic (exact) mass is 449 g/mol. The number of hydrogen-bond donors (Lipinski definition) is 3. The van der Waals surface area contributed by atoms with Crippen molar-refractivity contribution in [1.82, 2.24) is 10.2 Å². The molecule has 0 aliphatic carbocycles. The summed E-state index contributed by atoms with van der Waals surface area (Å²) in [5, 5.41) is 18.4. The Kier molecular flexibility index (Phi) is 7.41. The number of hydrogen-bond acceptors (Lipinski definition) is 7. The van der Waals surface area contributed by atoms with Crippen molar-refractivity contribution >= 4 is 35.5 Å². The fourth-order valence-corrected chi connectivity index (χ4v) is 3.92. The third-order valence-electron chi connectivity index (χ3n) is 4.73. The lowest BCUT2D eigenvalue weighted by molar-refractivity contribution is -0.107. The van der Waals surface area contributed by atoms with E-state index in [4.69, 9.17) is 0 Å². The maximum Gasteiger partial charge on any atom is 0.257 e. The molecule has 1 amide bonds. The lowest BCUT2D eigenvalue weighted by Gasteiger charge is -2.21. The number of anilines is 1. The summed E-state index contributed by atoms with van der Waals surface area (Å²) in [5.74, 6) is -0.702. The first-order chi connectivity index (χ1) is 15.5. The van der Waals surface area contributed by atoms with Crippen LogP contribution in [0.25, 0.3) is 0 Å². The molecule has 2 aromatic carbocycles. The van der Waals surface area contributed by atoms with Crippen LogP contribution in [0.2, 0.25) is 0 Å². The first-order valence-electron chi connectivity index (χ1n) is 9.76. The summed E-state index contributed by atoms with van der Waals surface area (Å²) in [6, 6.07) is 17.6. The summed E-state index contributed by atoms with van der Waals surface area (Å²) in [4.78, 5) is 38.4. The van der Waals surface area contributed by atoms with E-state index >= 15 is 0 Å². The van der Waals surface area contributed by atoms with Gasteiger partial charge in [-0.15, -0.1) is 11.3 Å². The van der Waals surface area contributed by atoms with E-state index in [1.807, 2.05) is 47.8 Å². The van der Waals surface area contributed by atoms with Crippen LogP contribution in [-0.2, 0) is 9.59 Å². The average molecular weight is 450 g/mol. The topological polar surface area (TPSA) is 98.7 Å². The maximum absolute atomic E-state index is 12.3. The Hall–Kier alpha value is -3.91. The zero-order valence-electron chi connectivity index (χ0n) is 17.6. The number of phenolic OH excluding ortho intramolecular Hbond substituents is 1. The molecular weight excluding hydrogens is 426 g/mol. The molecular formula is C24H23N3O4S. The molecule has 7 nitrogen and oxygen atoms in total. The molecule has 3 N–H and O–H groups in total. The van der Waals surface area contributed by atoms with Gasteiger partial charge < -0.3 is 20.6 Å². The Balaban J connectivity index is 1.98. The number of aromatic hydroxyl groups is 1. The average Bonchev–Trinajstić information content (AvgIpc) is 3.34. The smallest absolute Gasteiger partial charge is 0.257 e. The lowest BCUT2D eigenvalue weighted by atomic mass is 10.0. The number of allylic oxidation sites excluding steroid dienone is 2. The quantitative estimate of drug-likeness (QED) is 0.263. The van der Waals surface area contributed by atoms with E-state index in [0.29, 0.717) is 12.6 Å². The van der Waals surface area contributed by atoms with Gasteiger partial charge in [0.25, 0.3) is 5.91 Å². The summed E-state index contributed by atoms with van der Waals surface area (Å²) in [6.07, 6.45) is 1.04. The molecule has 8 heteroatoms. The van der Waals surface area contributed by atoms with Gasteiger partial charge in [0.15, 0.2) is 18.3 Å². The van der Waals surface area contributed by atoms with Crippen LogP contribution in [0.15, 0.2) is 77.4 Å². The second-order valence-electron chi connectivity index (χ2n) is 7.09. The molecule has 1 aromatic heterocycles.